The van der Waals surface area contributed by atoms with E-state index < -0.39 is 46.4 Å². The zero-order valence-corrected chi connectivity index (χ0v) is 21.1. The molecule has 1 unspecified atom stereocenters. The molecule has 10 nitrogen and oxygen atoms in total. The Labute approximate surface area is 203 Å². The lowest BCUT2D eigenvalue weighted by Gasteiger charge is -2.24. The number of aryl methyl sites for hydroxylation is 1. The van der Waals surface area contributed by atoms with E-state index >= 15 is 0 Å². The number of rotatable bonds is 5. The molecule has 0 aromatic carbocycles. The highest BCUT2D eigenvalue weighted by Gasteiger charge is 2.57. The first-order valence-corrected chi connectivity index (χ1v) is 12.1. The minimum Gasteiger partial charge on any atom is -0.443 e. The normalized spacial score (nSPS) is 19.9. The van der Waals surface area contributed by atoms with Gasteiger partial charge in [0.2, 0.25) is 0 Å². The Bertz CT molecular complexity index is 1330. The number of hydrogen-bond donors (Lipinski definition) is 2. The van der Waals surface area contributed by atoms with E-state index in [2.05, 4.69) is 5.43 Å². The van der Waals surface area contributed by atoms with Crippen molar-refractivity contribution in [2.75, 3.05) is 0 Å². The van der Waals surface area contributed by atoms with Crippen LogP contribution in [0.5, 0.6) is 0 Å². The Kier molecular flexibility index (Phi) is 5.77. The van der Waals surface area contributed by atoms with Crippen LogP contribution in [-0.4, -0.2) is 37.8 Å². The average molecular weight is 514 g/mol. The number of alkyl halides is 2. The van der Waals surface area contributed by atoms with Gasteiger partial charge < -0.3 is 10.5 Å². The van der Waals surface area contributed by atoms with Gasteiger partial charge in [0.25, 0.3) is 11.5 Å². The van der Waals surface area contributed by atoms with Gasteiger partial charge in [0.15, 0.2) is 0 Å². The van der Waals surface area contributed by atoms with Crippen LogP contribution in [0.15, 0.2) is 9.59 Å². The number of hydrazine groups is 1. The zero-order chi connectivity index (χ0) is 26.1. The molecule has 35 heavy (non-hydrogen) atoms. The topological polar surface area (TPSA) is 129 Å². The second-order valence-corrected chi connectivity index (χ2v) is 11.6. The fraction of sp³-hybridized carbons (Fsp3) is 0.636. The number of ether oxygens (including phenoxy) is 1. The summed E-state index contributed by atoms with van der Waals surface area (Å²) in [5.41, 5.74) is 5.64. The summed E-state index contributed by atoms with van der Waals surface area (Å²) in [6, 6.07) is -0.967. The van der Waals surface area contributed by atoms with E-state index in [0.29, 0.717) is 23.3 Å². The van der Waals surface area contributed by atoms with Gasteiger partial charge in [-0.2, -0.15) is 0 Å². The molecule has 0 bridgehead atoms. The quantitative estimate of drug-likeness (QED) is 0.594. The van der Waals surface area contributed by atoms with Crippen LogP contribution in [0.4, 0.5) is 18.4 Å². The molecule has 2 heterocycles. The van der Waals surface area contributed by atoms with Gasteiger partial charge >= 0.3 is 17.8 Å². The van der Waals surface area contributed by atoms with Crippen molar-refractivity contribution >= 4 is 33.7 Å². The van der Waals surface area contributed by atoms with Gasteiger partial charge in [-0.1, -0.05) is 0 Å². The van der Waals surface area contributed by atoms with Crippen molar-refractivity contribution in [1.29, 1.82) is 0 Å². The van der Waals surface area contributed by atoms with Crippen molar-refractivity contribution in [2.24, 2.45) is 11.7 Å². The predicted octanol–water partition coefficient (Wildman–Crippen LogP) is 3.02. The number of nitrogens with zero attached hydrogens (tertiary/aromatic N) is 3. The summed E-state index contributed by atoms with van der Waals surface area (Å²) in [5, 5.41) is 1.08. The van der Waals surface area contributed by atoms with Crippen molar-refractivity contribution in [3.8, 4) is 0 Å². The summed E-state index contributed by atoms with van der Waals surface area (Å²) < 4.78 is 35.1. The number of carbonyl (C=O) groups excluding carboxylic acids is 2. The van der Waals surface area contributed by atoms with E-state index in [0.717, 1.165) is 16.3 Å². The Hall–Kier alpha value is -2.96. The summed E-state index contributed by atoms with van der Waals surface area (Å²) >= 11 is 1.04. The van der Waals surface area contributed by atoms with Gasteiger partial charge in [0.05, 0.1) is 17.5 Å². The molecule has 0 spiro atoms. The van der Waals surface area contributed by atoms with Crippen LogP contribution in [0.1, 0.15) is 57.4 Å². The van der Waals surface area contributed by atoms with E-state index in [4.69, 9.17) is 10.5 Å². The third kappa shape index (κ3) is 4.78. The van der Waals surface area contributed by atoms with Crippen LogP contribution in [-0.2, 0) is 23.4 Å². The highest BCUT2D eigenvalue weighted by atomic mass is 32.1. The molecule has 0 radical (unpaired) electrons. The van der Waals surface area contributed by atoms with Crippen LogP contribution in [0.25, 0.3) is 10.2 Å². The maximum absolute atomic E-state index is 13.7. The first-order valence-electron chi connectivity index (χ1n) is 11.3. The number of nitrogens with two attached hydrogens (primary N) is 1. The molecule has 4 rings (SSSR count). The van der Waals surface area contributed by atoms with Crippen molar-refractivity contribution in [1.82, 2.24) is 19.6 Å². The van der Waals surface area contributed by atoms with Crippen molar-refractivity contribution in [3.05, 3.63) is 31.3 Å². The van der Waals surface area contributed by atoms with Crippen molar-refractivity contribution in [2.45, 2.75) is 84.0 Å². The number of thiophene rings is 1. The molecule has 13 heteroatoms. The molecule has 1 atom stereocenters. The number of amides is 3. The van der Waals surface area contributed by atoms with Crippen molar-refractivity contribution < 1.29 is 23.1 Å². The molecule has 0 saturated heterocycles. The van der Waals surface area contributed by atoms with Gasteiger partial charge in [-0.25, -0.2) is 33.6 Å². The summed E-state index contributed by atoms with van der Waals surface area (Å²) in [7, 11) is 0. The molecule has 2 saturated carbocycles. The molecule has 192 valence electrons. The molecule has 3 N–H and O–H groups in total. The van der Waals surface area contributed by atoms with Crippen LogP contribution in [0.2, 0.25) is 0 Å². The summed E-state index contributed by atoms with van der Waals surface area (Å²) in [4.78, 5) is 51.7. The second kappa shape index (κ2) is 8.04. The van der Waals surface area contributed by atoms with Gasteiger partial charge in [0, 0.05) is 23.8 Å². The number of nitrogens with one attached hydrogen (secondary N) is 1. The largest absolute Gasteiger partial charge is 0.443 e. The SMILES string of the molecule is Cc1c(CN(NC(=O)OC(C)(C)C)C(N)=O)sc2c1c(=O)n(C1(C)CC1)c(=O)n2CC1CC1(F)F. The average Bonchev–Trinajstić information content (AvgIpc) is 3.54. The minimum absolute atomic E-state index is 0.204. The maximum atomic E-state index is 13.7. The number of fused-ring (bicyclic) bond motifs is 1. The maximum Gasteiger partial charge on any atom is 0.426 e. The fourth-order valence-corrected chi connectivity index (χ4v) is 5.29. The lowest BCUT2D eigenvalue weighted by molar-refractivity contribution is 0.0376. The van der Waals surface area contributed by atoms with Gasteiger partial charge in [-0.15, -0.1) is 11.3 Å². The molecule has 2 aliphatic rings. The molecule has 3 amide bonds. The third-order valence-corrected chi connectivity index (χ3v) is 7.68. The first kappa shape index (κ1) is 25.1. The number of primary amides is 1. The number of aromatic nitrogens is 2. The molecule has 2 aromatic rings. The molecular weight excluding hydrogens is 484 g/mol. The Balaban J connectivity index is 1.77. The number of carbonyl (C=O) groups is 2. The number of hydrogen-bond acceptors (Lipinski definition) is 6. The standard InChI is InChI=1S/C22H29F2N5O5S/c1-11-13(10-28(17(25)31)26-18(32)34-20(2,3)4)35-16-14(11)15(30)29(21(5)6-7-21)19(33)27(16)9-12-8-22(12,23)24/h12H,6-10H2,1-5H3,(H2,25,31)(H,26,32). The zero-order valence-electron chi connectivity index (χ0n) is 20.2. The minimum atomic E-state index is -2.84. The van der Waals surface area contributed by atoms with E-state index in [-0.39, 0.29) is 29.7 Å². The van der Waals surface area contributed by atoms with Crippen LogP contribution < -0.4 is 22.4 Å². The number of halogens is 2. The summed E-state index contributed by atoms with van der Waals surface area (Å²) in [6.45, 7) is 8.00. The summed E-state index contributed by atoms with van der Waals surface area (Å²) in [5.74, 6) is -3.82. The van der Waals surface area contributed by atoms with Crippen LogP contribution in [0, 0.1) is 12.8 Å². The highest BCUT2D eigenvalue weighted by molar-refractivity contribution is 7.18. The van der Waals surface area contributed by atoms with Crippen LogP contribution in [0.3, 0.4) is 0 Å². The van der Waals surface area contributed by atoms with Gasteiger partial charge in [-0.3, -0.25) is 13.9 Å². The fourth-order valence-electron chi connectivity index (χ4n) is 4.00. The molecule has 2 fully saturated rings. The Morgan fingerprint density at radius 2 is 1.89 bits per heavy atom. The molecule has 0 aliphatic heterocycles. The molecular formula is C22H29F2N5O5S. The lowest BCUT2D eigenvalue weighted by atomic mass is 10.2. The molecule has 2 aliphatic carbocycles. The van der Waals surface area contributed by atoms with E-state index in [1.54, 1.807) is 34.6 Å². The first-order chi connectivity index (χ1) is 16.0. The highest BCUT2D eigenvalue weighted by Crippen LogP contribution is 2.50. The van der Waals surface area contributed by atoms with E-state index in [1.807, 2.05) is 0 Å². The van der Waals surface area contributed by atoms with E-state index in [9.17, 15) is 28.0 Å². The van der Waals surface area contributed by atoms with Gasteiger partial charge in [-0.05, 0) is 53.0 Å². The summed E-state index contributed by atoms with van der Waals surface area (Å²) in [6.07, 6.45) is 0.0629. The van der Waals surface area contributed by atoms with Gasteiger partial charge in [0.1, 0.15) is 10.4 Å². The monoisotopic (exact) mass is 513 g/mol. The lowest BCUT2D eigenvalue weighted by Crippen LogP contribution is -2.49. The Morgan fingerprint density at radius 1 is 1.29 bits per heavy atom. The van der Waals surface area contributed by atoms with Crippen LogP contribution >= 0.6 is 11.3 Å². The molecule has 2 aromatic heterocycles. The third-order valence-electron chi connectivity index (χ3n) is 6.38. The second-order valence-electron chi connectivity index (χ2n) is 10.6. The Morgan fingerprint density at radius 3 is 2.37 bits per heavy atom. The van der Waals surface area contributed by atoms with E-state index in [1.165, 1.54) is 9.13 Å². The van der Waals surface area contributed by atoms with Crippen molar-refractivity contribution in [3.63, 3.8) is 0 Å². The predicted molar refractivity (Wildman–Crippen MR) is 126 cm³/mol. The smallest absolute Gasteiger partial charge is 0.426 e. The number of urea groups is 1.